The Hall–Kier alpha value is -2.14. The van der Waals surface area contributed by atoms with E-state index in [4.69, 9.17) is 9.73 Å². The fraction of sp³-hybridized carbons (Fsp3) is 0.409. The van der Waals surface area contributed by atoms with Crippen molar-refractivity contribution in [3.63, 3.8) is 0 Å². The summed E-state index contributed by atoms with van der Waals surface area (Å²) < 4.78 is 7.46. The number of aromatic nitrogens is 3. The largest absolute Gasteiger partial charge is 0.496 e. The normalized spacial score (nSPS) is 11.2. The second kappa shape index (κ2) is 12.7. The Bertz CT molecular complexity index is 971. The summed E-state index contributed by atoms with van der Waals surface area (Å²) >= 11 is 1.77. The number of nitrogens with zero attached hydrogens (tertiary/aromatic N) is 4. The molecule has 0 bridgehead atoms. The fourth-order valence-electron chi connectivity index (χ4n) is 3.09. The number of thiophene rings is 1. The van der Waals surface area contributed by atoms with E-state index in [-0.39, 0.29) is 24.0 Å². The maximum absolute atomic E-state index is 5.49. The van der Waals surface area contributed by atoms with Gasteiger partial charge in [-0.15, -0.1) is 45.5 Å². The monoisotopic (exact) mass is 554 g/mol. The van der Waals surface area contributed by atoms with Crippen molar-refractivity contribution < 1.29 is 4.74 Å². The van der Waals surface area contributed by atoms with Crippen LogP contribution in [0.25, 0.3) is 0 Å². The predicted molar refractivity (Wildman–Crippen MR) is 138 cm³/mol. The summed E-state index contributed by atoms with van der Waals surface area (Å²) in [6.45, 7) is 6.08. The van der Waals surface area contributed by atoms with Gasteiger partial charge in [-0.05, 0) is 49.8 Å². The highest BCUT2D eigenvalue weighted by Gasteiger charge is 2.07. The summed E-state index contributed by atoms with van der Waals surface area (Å²) in [6, 6.07) is 10.5. The highest BCUT2D eigenvalue weighted by atomic mass is 127. The first-order valence-electron chi connectivity index (χ1n) is 10.1. The van der Waals surface area contributed by atoms with Gasteiger partial charge in [-0.25, -0.2) is 4.99 Å². The summed E-state index contributed by atoms with van der Waals surface area (Å²) in [6.07, 6.45) is 1.81. The van der Waals surface area contributed by atoms with Crippen LogP contribution in [-0.4, -0.2) is 40.9 Å². The van der Waals surface area contributed by atoms with Crippen molar-refractivity contribution in [1.82, 2.24) is 25.4 Å². The van der Waals surface area contributed by atoms with Crippen molar-refractivity contribution >= 4 is 41.3 Å². The van der Waals surface area contributed by atoms with E-state index >= 15 is 0 Å². The lowest BCUT2D eigenvalue weighted by molar-refractivity contribution is 0.409. The van der Waals surface area contributed by atoms with Crippen LogP contribution in [0.4, 0.5) is 0 Å². The third-order valence-corrected chi connectivity index (χ3v) is 5.86. The first-order valence-corrected chi connectivity index (χ1v) is 11.0. The highest BCUT2D eigenvalue weighted by Crippen LogP contribution is 2.19. The summed E-state index contributed by atoms with van der Waals surface area (Å²) in [7, 11) is 3.67. The molecule has 2 heterocycles. The zero-order valence-electron chi connectivity index (χ0n) is 18.5. The molecule has 31 heavy (non-hydrogen) atoms. The van der Waals surface area contributed by atoms with E-state index in [1.54, 1.807) is 18.4 Å². The number of hydrogen-bond donors (Lipinski definition) is 2. The molecule has 3 aromatic rings. The summed E-state index contributed by atoms with van der Waals surface area (Å²) in [5.74, 6) is 3.42. The molecule has 0 atom stereocenters. The van der Waals surface area contributed by atoms with Gasteiger partial charge in [-0.1, -0.05) is 23.8 Å². The van der Waals surface area contributed by atoms with Crippen LogP contribution >= 0.6 is 35.3 Å². The molecule has 9 heteroatoms. The zero-order chi connectivity index (χ0) is 21.3. The molecule has 0 saturated carbocycles. The van der Waals surface area contributed by atoms with E-state index in [1.807, 2.05) is 24.6 Å². The molecule has 0 unspecified atom stereocenters. The van der Waals surface area contributed by atoms with Crippen LogP contribution in [0, 0.1) is 13.8 Å². The van der Waals surface area contributed by atoms with Crippen molar-refractivity contribution in [3.8, 4) is 5.75 Å². The van der Waals surface area contributed by atoms with E-state index in [0.29, 0.717) is 6.54 Å². The Kier molecular flexibility index (Phi) is 10.3. The SMILES string of the molecule is COc1ccc(C)cc1CCNC(=NCc1nnc(C)n1C)NCCc1cccs1.I. The van der Waals surface area contributed by atoms with Crippen LogP contribution in [0.2, 0.25) is 0 Å². The lowest BCUT2D eigenvalue weighted by Gasteiger charge is -2.14. The van der Waals surface area contributed by atoms with Gasteiger partial charge in [0.2, 0.25) is 0 Å². The maximum Gasteiger partial charge on any atom is 0.191 e. The van der Waals surface area contributed by atoms with Crippen molar-refractivity contribution in [3.05, 3.63) is 63.4 Å². The molecule has 2 N–H and O–H groups in total. The second-order valence-corrected chi connectivity index (χ2v) is 8.17. The highest BCUT2D eigenvalue weighted by molar-refractivity contribution is 14.0. The number of methoxy groups -OCH3 is 1. The molecule has 0 spiro atoms. The van der Waals surface area contributed by atoms with Gasteiger partial charge in [-0.2, -0.15) is 0 Å². The zero-order valence-corrected chi connectivity index (χ0v) is 21.7. The Morgan fingerprint density at radius 1 is 1.13 bits per heavy atom. The number of halogens is 1. The molecule has 0 aliphatic carbocycles. The summed E-state index contributed by atoms with van der Waals surface area (Å²) in [5.41, 5.74) is 2.42. The van der Waals surface area contributed by atoms with E-state index < -0.39 is 0 Å². The maximum atomic E-state index is 5.49. The van der Waals surface area contributed by atoms with E-state index in [1.165, 1.54) is 16.0 Å². The Morgan fingerprint density at radius 2 is 1.90 bits per heavy atom. The van der Waals surface area contributed by atoms with Crippen LogP contribution in [-0.2, 0) is 26.4 Å². The average Bonchev–Trinajstić information content (AvgIpc) is 3.37. The molecule has 168 valence electrons. The van der Waals surface area contributed by atoms with Crippen molar-refractivity contribution in [1.29, 1.82) is 0 Å². The van der Waals surface area contributed by atoms with Gasteiger partial charge in [0.1, 0.15) is 18.1 Å². The molecule has 0 fully saturated rings. The van der Waals surface area contributed by atoms with E-state index in [0.717, 1.165) is 49.3 Å². The Morgan fingerprint density at radius 3 is 2.55 bits per heavy atom. The lowest BCUT2D eigenvalue weighted by atomic mass is 10.1. The van der Waals surface area contributed by atoms with Crippen LogP contribution in [0.3, 0.4) is 0 Å². The van der Waals surface area contributed by atoms with E-state index in [9.17, 15) is 0 Å². The Balaban J connectivity index is 0.00000341. The minimum Gasteiger partial charge on any atom is -0.496 e. The minimum atomic E-state index is 0. The minimum absolute atomic E-state index is 0. The first kappa shape index (κ1) is 25.1. The van der Waals surface area contributed by atoms with Crippen LogP contribution in [0.15, 0.2) is 40.7 Å². The van der Waals surface area contributed by atoms with Gasteiger partial charge in [-0.3, -0.25) is 0 Å². The van der Waals surface area contributed by atoms with Gasteiger partial charge in [0.05, 0.1) is 7.11 Å². The number of nitrogens with one attached hydrogen (secondary N) is 2. The van der Waals surface area contributed by atoms with Crippen LogP contribution in [0.1, 0.15) is 27.7 Å². The molecule has 1 aromatic carbocycles. The smallest absolute Gasteiger partial charge is 0.191 e. The second-order valence-electron chi connectivity index (χ2n) is 7.14. The van der Waals surface area contributed by atoms with Gasteiger partial charge in [0.15, 0.2) is 11.8 Å². The molecular formula is C22H31IN6OS. The van der Waals surface area contributed by atoms with Crippen LogP contribution < -0.4 is 15.4 Å². The van der Waals surface area contributed by atoms with Crippen molar-refractivity contribution in [2.45, 2.75) is 33.2 Å². The van der Waals surface area contributed by atoms with Crippen LogP contribution in [0.5, 0.6) is 5.75 Å². The van der Waals surface area contributed by atoms with Gasteiger partial charge in [0, 0.05) is 25.0 Å². The number of guanidine groups is 1. The Labute approximate surface area is 205 Å². The average molecular weight is 555 g/mol. The van der Waals surface area contributed by atoms with Gasteiger partial charge < -0.3 is 19.9 Å². The van der Waals surface area contributed by atoms with Crippen molar-refractivity contribution in [2.24, 2.45) is 12.0 Å². The number of aliphatic imine (C=N–C) groups is 1. The standard InChI is InChI=1S/C22H30N6OS.HI/c1-16-7-8-20(29-4)18(14-16)9-11-23-22(24-12-10-19-6-5-13-30-19)25-15-21-27-26-17(2)28(21)3;/h5-8,13-14H,9-12,15H2,1-4H3,(H2,23,24,25);1H. The number of aryl methyl sites for hydroxylation is 2. The van der Waals surface area contributed by atoms with E-state index in [2.05, 4.69) is 57.4 Å². The quantitative estimate of drug-likeness (QED) is 0.240. The fourth-order valence-corrected chi connectivity index (χ4v) is 3.80. The molecular weight excluding hydrogens is 523 g/mol. The first-order chi connectivity index (χ1) is 14.6. The number of rotatable bonds is 9. The topological polar surface area (TPSA) is 76.4 Å². The van der Waals surface area contributed by atoms with Gasteiger partial charge in [0.25, 0.3) is 0 Å². The molecule has 3 rings (SSSR count). The molecule has 2 aromatic heterocycles. The predicted octanol–water partition coefficient (Wildman–Crippen LogP) is 3.64. The number of hydrogen-bond acceptors (Lipinski definition) is 5. The summed E-state index contributed by atoms with van der Waals surface area (Å²) in [4.78, 5) is 6.08. The molecule has 0 saturated heterocycles. The molecule has 0 aliphatic heterocycles. The lowest BCUT2D eigenvalue weighted by Crippen LogP contribution is -2.39. The molecule has 7 nitrogen and oxygen atoms in total. The van der Waals surface area contributed by atoms with Gasteiger partial charge >= 0.3 is 0 Å². The number of benzene rings is 1. The third-order valence-electron chi connectivity index (χ3n) is 4.93. The summed E-state index contributed by atoms with van der Waals surface area (Å²) in [5, 5.41) is 17.3. The molecule has 0 radical (unpaired) electrons. The third kappa shape index (κ3) is 7.49. The molecule has 0 aliphatic rings. The molecule has 0 amide bonds. The number of ether oxygens (including phenoxy) is 1. The van der Waals surface area contributed by atoms with Crippen molar-refractivity contribution in [2.75, 3.05) is 20.2 Å².